The van der Waals surface area contributed by atoms with Crippen molar-refractivity contribution in [3.63, 3.8) is 0 Å². The zero-order chi connectivity index (χ0) is 13.0. The molecule has 5 nitrogen and oxygen atoms in total. The predicted molar refractivity (Wildman–Crippen MR) is 75.0 cm³/mol. The summed E-state index contributed by atoms with van der Waals surface area (Å²) in [5.41, 5.74) is 0.789. The monoisotopic (exact) mass is 276 g/mol. The standard InChI is InChI=1S/C13H16N4OS/c1-2-9-6-11(18)17-12(14-9)19-13(15-17)16-7-8-3-4-10(16)5-8/h6,8,10H,2-5,7H2,1H3. The minimum atomic E-state index is -0.0614. The Morgan fingerprint density at radius 2 is 2.37 bits per heavy atom. The van der Waals surface area contributed by atoms with Crippen molar-refractivity contribution in [3.05, 3.63) is 22.1 Å². The Balaban J connectivity index is 1.80. The van der Waals surface area contributed by atoms with Gasteiger partial charge in [-0.3, -0.25) is 4.79 Å². The van der Waals surface area contributed by atoms with Crippen molar-refractivity contribution in [2.24, 2.45) is 5.92 Å². The molecule has 6 heteroatoms. The van der Waals surface area contributed by atoms with Crippen LogP contribution in [-0.4, -0.2) is 27.2 Å². The molecule has 2 unspecified atom stereocenters. The number of aryl methyl sites for hydroxylation is 1. The van der Waals surface area contributed by atoms with Crippen LogP contribution in [-0.2, 0) is 6.42 Å². The van der Waals surface area contributed by atoms with Crippen molar-refractivity contribution in [2.75, 3.05) is 11.4 Å². The third-order valence-electron chi connectivity index (χ3n) is 4.30. The molecule has 2 fully saturated rings. The Labute approximate surface area is 114 Å². The Hall–Kier alpha value is -1.43. The predicted octanol–water partition coefficient (Wildman–Crippen LogP) is 1.70. The number of piperidine rings is 1. The summed E-state index contributed by atoms with van der Waals surface area (Å²) in [6.45, 7) is 3.11. The van der Waals surface area contributed by atoms with Gasteiger partial charge >= 0.3 is 0 Å². The fourth-order valence-corrected chi connectivity index (χ4v) is 4.31. The van der Waals surface area contributed by atoms with Crippen LogP contribution in [0.4, 0.5) is 5.13 Å². The fraction of sp³-hybridized carbons (Fsp3) is 0.615. The highest BCUT2D eigenvalue weighted by Gasteiger charge is 2.39. The Morgan fingerprint density at radius 1 is 1.47 bits per heavy atom. The van der Waals surface area contributed by atoms with E-state index in [1.165, 1.54) is 23.8 Å². The molecule has 1 saturated heterocycles. The molecule has 2 aromatic heterocycles. The van der Waals surface area contributed by atoms with Gasteiger partial charge in [0.25, 0.3) is 5.56 Å². The van der Waals surface area contributed by atoms with E-state index in [9.17, 15) is 4.79 Å². The Bertz CT molecular complexity index is 691. The molecular weight excluding hydrogens is 260 g/mol. The minimum Gasteiger partial charge on any atom is -0.343 e. The summed E-state index contributed by atoms with van der Waals surface area (Å²) in [6.07, 6.45) is 4.69. The zero-order valence-corrected chi connectivity index (χ0v) is 11.7. The van der Waals surface area contributed by atoms with Gasteiger partial charge in [0.1, 0.15) is 0 Å². The van der Waals surface area contributed by atoms with Crippen molar-refractivity contribution in [1.29, 1.82) is 0 Å². The average Bonchev–Trinajstić information content (AvgIpc) is 3.12. The summed E-state index contributed by atoms with van der Waals surface area (Å²) in [4.78, 5) is 19.6. The summed E-state index contributed by atoms with van der Waals surface area (Å²) in [7, 11) is 0. The van der Waals surface area contributed by atoms with Gasteiger partial charge in [-0.1, -0.05) is 18.3 Å². The number of hydrogen-bond donors (Lipinski definition) is 0. The van der Waals surface area contributed by atoms with E-state index in [1.807, 2.05) is 6.92 Å². The normalized spacial score (nSPS) is 25.6. The van der Waals surface area contributed by atoms with Crippen LogP contribution >= 0.6 is 11.3 Å². The van der Waals surface area contributed by atoms with Crippen LogP contribution in [0, 0.1) is 5.92 Å². The zero-order valence-electron chi connectivity index (χ0n) is 10.9. The first kappa shape index (κ1) is 11.4. The summed E-state index contributed by atoms with van der Waals surface area (Å²) in [5, 5.41) is 5.44. The fourth-order valence-electron chi connectivity index (χ4n) is 3.30. The highest BCUT2D eigenvalue weighted by Crippen LogP contribution is 2.41. The highest BCUT2D eigenvalue weighted by molar-refractivity contribution is 7.20. The van der Waals surface area contributed by atoms with Gasteiger partial charge in [0.05, 0.1) is 0 Å². The molecule has 0 N–H and O–H groups in total. The van der Waals surface area contributed by atoms with Crippen LogP contribution < -0.4 is 10.5 Å². The van der Waals surface area contributed by atoms with E-state index >= 15 is 0 Å². The quantitative estimate of drug-likeness (QED) is 0.838. The third-order valence-corrected chi connectivity index (χ3v) is 5.25. The van der Waals surface area contributed by atoms with Gasteiger partial charge in [-0.05, 0) is 31.6 Å². The number of fused-ring (bicyclic) bond motifs is 3. The SMILES string of the molecule is CCc1cc(=O)n2nc(N3CC4CCC3C4)sc2n1. The number of anilines is 1. The maximum Gasteiger partial charge on any atom is 0.275 e. The highest BCUT2D eigenvalue weighted by atomic mass is 32.1. The van der Waals surface area contributed by atoms with Gasteiger partial charge in [-0.2, -0.15) is 4.52 Å². The topological polar surface area (TPSA) is 50.5 Å². The second-order valence-corrected chi connectivity index (χ2v) is 6.44. The van der Waals surface area contributed by atoms with Crippen LogP contribution in [0.1, 0.15) is 31.9 Å². The molecule has 4 rings (SSSR count). The van der Waals surface area contributed by atoms with Gasteiger partial charge in [0.2, 0.25) is 10.1 Å². The average molecular weight is 276 g/mol. The lowest BCUT2D eigenvalue weighted by molar-refractivity contribution is 0.551. The van der Waals surface area contributed by atoms with Gasteiger partial charge in [0.15, 0.2) is 0 Å². The largest absolute Gasteiger partial charge is 0.343 e. The molecule has 2 bridgehead atoms. The van der Waals surface area contributed by atoms with Crippen LogP contribution in [0.15, 0.2) is 10.9 Å². The van der Waals surface area contributed by atoms with Gasteiger partial charge in [-0.25, -0.2) is 4.98 Å². The molecule has 1 saturated carbocycles. The number of rotatable bonds is 2. The molecule has 0 aromatic carbocycles. The van der Waals surface area contributed by atoms with Crippen molar-refractivity contribution in [3.8, 4) is 0 Å². The second kappa shape index (κ2) is 4.03. The molecule has 2 aromatic rings. The molecular formula is C13H16N4OS. The minimum absolute atomic E-state index is 0.0614. The van der Waals surface area contributed by atoms with Crippen LogP contribution in [0.3, 0.4) is 0 Å². The van der Waals surface area contributed by atoms with Crippen molar-refractivity contribution >= 4 is 21.4 Å². The summed E-state index contributed by atoms with van der Waals surface area (Å²) in [5.74, 6) is 0.827. The molecule has 0 amide bonds. The lowest BCUT2D eigenvalue weighted by atomic mass is 10.1. The van der Waals surface area contributed by atoms with E-state index in [-0.39, 0.29) is 5.56 Å². The molecule has 3 heterocycles. The Morgan fingerprint density at radius 3 is 3.05 bits per heavy atom. The first-order valence-electron chi connectivity index (χ1n) is 6.91. The summed E-state index contributed by atoms with van der Waals surface area (Å²) < 4.78 is 1.45. The summed E-state index contributed by atoms with van der Waals surface area (Å²) in [6, 6.07) is 2.22. The lowest BCUT2D eigenvalue weighted by Crippen LogP contribution is -2.32. The van der Waals surface area contributed by atoms with Gasteiger partial charge in [0, 0.05) is 24.3 Å². The van der Waals surface area contributed by atoms with Gasteiger partial charge < -0.3 is 4.90 Å². The molecule has 2 aliphatic rings. The maximum absolute atomic E-state index is 12.0. The maximum atomic E-state index is 12.0. The van der Waals surface area contributed by atoms with Gasteiger partial charge in [-0.15, -0.1) is 5.10 Å². The van der Waals surface area contributed by atoms with E-state index in [2.05, 4.69) is 15.0 Å². The van der Waals surface area contributed by atoms with E-state index in [1.54, 1.807) is 17.4 Å². The first-order chi connectivity index (χ1) is 9.24. The van der Waals surface area contributed by atoms with Crippen molar-refractivity contribution in [2.45, 2.75) is 38.6 Å². The molecule has 100 valence electrons. The number of aromatic nitrogens is 3. The molecule has 1 aliphatic carbocycles. The second-order valence-electron chi connectivity index (χ2n) is 5.50. The van der Waals surface area contributed by atoms with E-state index < -0.39 is 0 Å². The number of nitrogens with zero attached hydrogens (tertiary/aromatic N) is 4. The van der Waals surface area contributed by atoms with Crippen LogP contribution in [0.25, 0.3) is 4.96 Å². The van der Waals surface area contributed by atoms with Crippen LogP contribution in [0.5, 0.6) is 0 Å². The molecule has 0 spiro atoms. The van der Waals surface area contributed by atoms with E-state index in [0.717, 1.165) is 34.7 Å². The van der Waals surface area contributed by atoms with Crippen molar-refractivity contribution < 1.29 is 0 Å². The molecule has 1 aliphatic heterocycles. The number of hydrogen-bond acceptors (Lipinski definition) is 5. The first-order valence-corrected chi connectivity index (χ1v) is 7.72. The lowest BCUT2D eigenvalue weighted by Gasteiger charge is -2.25. The van der Waals surface area contributed by atoms with Crippen LogP contribution in [0.2, 0.25) is 0 Å². The Kier molecular flexibility index (Phi) is 2.42. The van der Waals surface area contributed by atoms with Crippen molar-refractivity contribution in [1.82, 2.24) is 14.6 Å². The summed E-state index contributed by atoms with van der Waals surface area (Å²) >= 11 is 1.54. The third kappa shape index (κ3) is 1.69. The smallest absolute Gasteiger partial charge is 0.275 e. The van der Waals surface area contributed by atoms with E-state index in [0.29, 0.717) is 6.04 Å². The van der Waals surface area contributed by atoms with E-state index in [4.69, 9.17) is 0 Å². The molecule has 0 radical (unpaired) electrons. The molecule has 2 atom stereocenters. The molecule has 19 heavy (non-hydrogen) atoms.